The van der Waals surface area contributed by atoms with Crippen molar-refractivity contribution in [2.75, 3.05) is 26.4 Å². The second-order valence-electron chi connectivity index (χ2n) is 19.8. The number of esters is 3. The molecule has 74 heavy (non-hydrogen) atoms. The number of carbonyl (C=O) groups excluding carboxylic acids is 3. The lowest BCUT2D eigenvalue weighted by Crippen LogP contribution is -2.30. The molecule has 0 fully saturated rings. The van der Waals surface area contributed by atoms with Gasteiger partial charge < -0.3 is 24.2 Å². The minimum atomic E-state index is -4.75. The van der Waals surface area contributed by atoms with Crippen LogP contribution in [0.5, 0.6) is 0 Å². The fourth-order valence-electron chi connectivity index (χ4n) is 8.03. The first-order valence-corrected chi connectivity index (χ1v) is 31.3. The first kappa shape index (κ1) is 70.9. The van der Waals surface area contributed by atoms with E-state index in [0.717, 1.165) is 128 Å². The number of unbranched alkanes of at least 4 members (excludes halogenated alkanes) is 26. The van der Waals surface area contributed by atoms with Crippen LogP contribution in [0, 0.1) is 0 Å². The van der Waals surface area contributed by atoms with Crippen LogP contribution in [0.1, 0.15) is 265 Å². The third-order valence-electron chi connectivity index (χ3n) is 12.6. The lowest BCUT2D eigenvalue weighted by atomic mass is 10.1. The van der Waals surface area contributed by atoms with Crippen LogP contribution in [0.3, 0.4) is 0 Å². The van der Waals surface area contributed by atoms with Crippen molar-refractivity contribution >= 4 is 25.7 Å². The normalized spacial score (nSPS) is 13.9. The smallest absolute Gasteiger partial charge is 0.462 e. The molecule has 0 aromatic carbocycles. The minimum Gasteiger partial charge on any atom is -0.462 e. The van der Waals surface area contributed by atoms with Gasteiger partial charge in [-0.25, -0.2) is 4.57 Å². The second-order valence-corrected chi connectivity index (χ2v) is 21.2. The van der Waals surface area contributed by atoms with Crippen LogP contribution >= 0.6 is 7.82 Å². The van der Waals surface area contributed by atoms with E-state index in [-0.39, 0.29) is 25.9 Å². The molecule has 0 bridgehead atoms. The summed E-state index contributed by atoms with van der Waals surface area (Å²) in [5, 5.41) is 9.80. The summed E-state index contributed by atoms with van der Waals surface area (Å²) in [4.78, 5) is 48.6. The molecule has 0 aliphatic rings. The molecule has 0 aromatic heterocycles. The lowest BCUT2D eigenvalue weighted by molar-refractivity contribution is -0.161. The van der Waals surface area contributed by atoms with Gasteiger partial charge in [0.2, 0.25) is 0 Å². The topological polar surface area (TPSA) is 155 Å². The van der Waals surface area contributed by atoms with Crippen LogP contribution in [0.4, 0.5) is 0 Å². The maximum atomic E-state index is 12.9. The first-order chi connectivity index (χ1) is 36.2. The largest absolute Gasteiger partial charge is 0.472 e. The Morgan fingerprint density at radius 2 is 0.716 bits per heavy atom. The summed E-state index contributed by atoms with van der Waals surface area (Å²) in [6.45, 7) is 4.47. The highest BCUT2D eigenvalue weighted by atomic mass is 31.2. The van der Waals surface area contributed by atoms with Crippen molar-refractivity contribution in [2.45, 2.75) is 277 Å². The summed E-state index contributed by atoms with van der Waals surface area (Å²) in [5.74, 6) is -1.49. The molecular weight excluding hydrogens is 952 g/mol. The van der Waals surface area contributed by atoms with E-state index < -0.39 is 57.8 Å². The van der Waals surface area contributed by atoms with Gasteiger partial charge in [-0.2, -0.15) is 0 Å². The molecule has 428 valence electrons. The summed E-state index contributed by atoms with van der Waals surface area (Å²) in [6, 6.07) is 0. The van der Waals surface area contributed by atoms with Crippen molar-refractivity contribution in [1.82, 2.24) is 0 Å². The molecule has 0 aliphatic heterocycles. The summed E-state index contributed by atoms with van der Waals surface area (Å²) < 4.78 is 39.5. The van der Waals surface area contributed by atoms with Crippen molar-refractivity contribution in [3.8, 4) is 0 Å². The SMILES string of the molecule is CC/C=C\C/C=C\C/C=C\C/C=C\CCCCCCCCC(=O)OC(COC(=O)CCCCCCCCC/C=C\CCCCCCCC)COP(=O)(O)OCC(CO)OC(=O)CCCCCCC/C=C\CCCC. The van der Waals surface area contributed by atoms with Crippen LogP contribution in [-0.4, -0.2) is 66.5 Å². The molecule has 0 amide bonds. The van der Waals surface area contributed by atoms with Gasteiger partial charge in [-0.3, -0.25) is 23.4 Å². The standard InChI is InChI=1S/C62H109O11P/c1-4-7-10-13-16-19-22-24-26-28-29-31-33-35-38-41-44-47-50-53-62(66)73-59(55-69-60(64)51-48-45-42-39-37-34-32-30-27-25-23-20-17-14-11-8-5-2)57-71-74(67,68)70-56-58(54-63)72-61(65)52-49-46-43-40-36-21-18-15-12-9-6-3/h7,10,15-16,18-19,24-27,29,31,58-59,63H,4-6,8-9,11-14,17,20-23,28,30,32-57H2,1-3H3,(H,67,68)/b10-7-,18-15-,19-16-,26-24-,27-25-,31-29-. The van der Waals surface area contributed by atoms with E-state index >= 15 is 0 Å². The summed E-state index contributed by atoms with van der Waals surface area (Å²) in [7, 11) is -4.75. The van der Waals surface area contributed by atoms with Gasteiger partial charge in [0.05, 0.1) is 19.8 Å². The third-order valence-corrected chi connectivity index (χ3v) is 13.5. The maximum Gasteiger partial charge on any atom is 0.472 e. The summed E-state index contributed by atoms with van der Waals surface area (Å²) in [6.07, 6.45) is 62.9. The van der Waals surface area contributed by atoms with E-state index in [9.17, 15) is 28.9 Å². The summed E-state index contributed by atoms with van der Waals surface area (Å²) >= 11 is 0. The molecular formula is C62H109O11P. The van der Waals surface area contributed by atoms with Crippen LogP contribution in [0.15, 0.2) is 72.9 Å². The number of carbonyl (C=O) groups is 3. The Bertz CT molecular complexity index is 1520. The summed E-state index contributed by atoms with van der Waals surface area (Å²) in [5.41, 5.74) is 0. The lowest BCUT2D eigenvalue weighted by Gasteiger charge is -2.21. The van der Waals surface area contributed by atoms with E-state index in [4.69, 9.17) is 23.3 Å². The molecule has 2 N–H and O–H groups in total. The highest BCUT2D eigenvalue weighted by molar-refractivity contribution is 7.47. The number of hydrogen-bond donors (Lipinski definition) is 2. The highest BCUT2D eigenvalue weighted by Crippen LogP contribution is 2.43. The number of rotatable bonds is 55. The zero-order chi connectivity index (χ0) is 54.1. The maximum absolute atomic E-state index is 12.9. The van der Waals surface area contributed by atoms with Crippen molar-refractivity contribution in [3.63, 3.8) is 0 Å². The Balaban J connectivity index is 4.75. The molecule has 0 radical (unpaired) electrons. The Labute approximate surface area is 452 Å². The fraction of sp³-hybridized carbons (Fsp3) is 0.758. The number of phosphoric ester groups is 1. The molecule has 0 spiro atoms. The number of phosphoric acid groups is 1. The molecule has 0 rings (SSSR count). The van der Waals surface area contributed by atoms with E-state index in [1.54, 1.807) is 0 Å². The predicted molar refractivity (Wildman–Crippen MR) is 307 cm³/mol. The van der Waals surface area contributed by atoms with E-state index in [0.29, 0.717) is 19.3 Å². The molecule has 3 atom stereocenters. The molecule has 11 nitrogen and oxygen atoms in total. The Hall–Kier alpha value is -3.08. The zero-order valence-electron chi connectivity index (χ0n) is 47.3. The van der Waals surface area contributed by atoms with Gasteiger partial charge in [0.15, 0.2) is 6.10 Å². The monoisotopic (exact) mass is 1060 g/mol. The van der Waals surface area contributed by atoms with Crippen molar-refractivity contribution in [1.29, 1.82) is 0 Å². The van der Waals surface area contributed by atoms with Crippen molar-refractivity contribution < 1.29 is 52.2 Å². The molecule has 0 heterocycles. The van der Waals surface area contributed by atoms with Crippen LogP contribution in [0.25, 0.3) is 0 Å². The van der Waals surface area contributed by atoms with E-state index in [1.807, 2.05) is 0 Å². The molecule has 0 aliphatic carbocycles. The van der Waals surface area contributed by atoms with Gasteiger partial charge >= 0.3 is 25.7 Å². The number of aliphatic hydroxyl groups excluding tert-OH is 1. The van der Waals surface area contributed by atoms with Gasteiger partial charge in [0, 0.05) is 19.3 Å². The van der Waals surface area contributed by atoms with Gasteiger partial charge in [-0.1, -0.05) is 216 Å². The van der Waals surface area contributed by atoms with Gasteiger partial charge in [-0.15, -0.1) is 0 Å². The molecule has 0 aromatic rings. The van der Waals surface area contributed by atoms with Crippen molar-refractivity contribution in [2.24, 2.45) is 0 Å². The number of allylic oxidation sites excluding steroid dienone is 12. The Morgan fingerprint density at radius 3 is 1.14 bits per heavy atom. The first-order valence-electron chi connectivity index (χ1n) is 29.8. The molecule has 3 unspecified atom stereocenters. The van der Waals surface area contributed by atoms with Gasteiger partial charge in [0.1, 0.15) is 12.7 Å². The van der Waals surface area contributed by atoms with E-state index in [1.165, 1.54) is 77.0 Å². The van der Waals surface area contributed by atoms with E-state index in [2.05, 4.69) is 93.7 Å². The quantitative estimate of drug-likeness (QED) is 0.0197. The predicted octanol–water partition coefficient (Wildman–Crippen LogP) is 17.7. The number of ether oxygens (including phenoxy) is 3. The van der Waals surface area contributed by atoms with Gasteiger partial charge in [0.25, 0.3) is 0 Å². The molecule has 12 heteroatoms. The molecule has 0 saturated heterocycles. The highest BCUT2D eigenvalue weighted by Gasteiger charge is 2.28. The number of aliphatic hydroxyl groups is 1. The average Bonchev–Trinajstić information content (AvgIpc) is 3.39. The van der Waals surface area contributed by atoms with Crippen molar-refractivity contribution in [3.05, 3.63) is 72.9 Å². The fourth-order valence-corrected chi connectivity index (χ4v) is 8.81. The Kier molecular flexibility index (Phi) is 53.8. The third kappa shape index (κ3) is 53.7. The number of hydrogen-bond acceptors (Lipinski definition) is 10. The van der Waals surface area contributed by atoms with Gasteiger partial charge in [-0.05, 0) is 103 Å². The molecule has 0 saturated carbocycles. The minimum absolute atomic E-state index is 0.149. The average molecular weight is 1060 g/mol. The van der Waals surface area contributed by atoms with Crippen LogP contribution in [-0.2, 0) is 42.2 Å². The Morgan fingerprint density at radius 1 is 0.392 bits per heavy atom. The van der Waals surface area contributed by atoms with Crippen LogP contribution < -0.4 is 0 Å². The van der Waals surface area contributed by atoms with Crippen LogP contribution in [0.2, 0.25) is 0 Å². The zero-order valence-corrected chi connectivity index (χ0v) is 48.2. The second kappa shape index (κ2) is 56.1.